The fourth-order valence-corrected chi connectivity index (χ4v) is 2.04. The van der Waals surface area contributed by atoms with E-state index in [0.29, 0.717) is 24.6 Å². The van der Waals surface area contributed by atoms with Gasteiger partial charge in [-0.25, -0.2) is 8.78 Å². The molecule has 0 unspecified atom stereocenters. The molecule has 2 rings (SSSR count). The van der Waals surface area contributed by atoms with Crippen molar-refractivity contribution in [3.63, 3.8) is 0 Å². The first-order valence-corrected chi connectivity index (χ1v) is 7.25. The van der Waals surface area contributed by atoms with Crippen LogP contribution in [0.1, 0.15) is 11.1 Å². The average molecular weight is 319 g/mol. The van der Waals surface area contributed by atoms with Crippen molar-refractivity contribution in [3.05, 3.63) is 65.2 Å². The van der Waals surface area contributed by atoms with Gasteiger partial charge in [-0.2, -0.15) is 0 Å². The van der Waals surface area contributed by atoms with Gasteiger partial charge < -0.3 is 15.7 Å². The van der Waals surface area contributed by atoms with Gasteiger partial charge in [-0.15, -0.1) is 0 Å². The SMILES string of the molecule is CN=C(NCCc1ccc(F)cc1)NCc1ccc(O)c(F)c1. The molecular weight excluding hydrogens is 300 g/mol. The second kappa shape index (κ2) is 8.12. The van der Waals surface area contributed by atoms with Crippen LogP contribution in [0, 0.1) is 11.6 Å². The Morgan fingerprint density at radius 3 is 2.39 bits per heavy atom. The number of guanidine groups is 1. The third-order valence-electron chi connectivity index (χ3n) is 3.32. The van der Waals surface area contributed by atoms with Crippen molar-refractivity contribution >= 4 is 5.96 Å². The normalized spacial score (nSPS) is 11.3. The molecule has 0 saturated heterocycles. The molecule has 2 aromatic carbocycles. The number of rotatable bonds is 5. The lowest BCUT2D eigenvalue weighted by Crippen LogP contribution is -2.37. The van der Waals surface area contributed by atoms with Crippen LogP contribution in [0.5, 0.6) is 5.75 Å². The molecule has 0 bridgehead atoms. The average Bonchev–Trinajstić information content (AvgIpc) is 2.55. The summed E-state index contributed by atoms with van der Waals surface area (Å²) >= 11 is 0. The van der Waals surface area contributed by atoms with Crippen molar-refractivity contribution in [1.82, 2.24) is 10.6 Å². The number of hydrogen-bond donors (Lipinski definition) is 3. The topological polar surface area (TPSA) is 56.7 Å². The van der Waals surface area contributed by atoms with Gasteiger partial charge in [0.15, 0.2) is 17.5 Å². The minimum absolute atomic E-state index is 0.250. The molecule has 0 aromatic heterocycles. The van der Waals surface area contributed by atoms with Crippen LogP contribution in [0.15, 0.2) is 47.5 Å². The molecule has 23 heavy (non-hydrogen) atoms. The quantitative estimate of drug-likeness (QED) is 0.586. The number of hydrogen-bond acceptors (Lipinski definition) is 2. The van der Waals surface area contributed by atoms with Crippen LogP contribution < -0.4 is 10.6 Å². The molecule has 2 aromatic rings. The van der Waals surface area contributed by atoms with Crippen molar-refractivity contribution < 1.29 is 13.9 Å². The number of aromatic hydroxyl groups is 1. The summed E-state index contributed by atoms with van der Waals surface area (Å²) < 4.78 is 26.1. The Kier molecular flexibility index (Phi) is 5.91. The molecule has 0 aliphatic carbocycles. The van der Waals surface area contributed by atoms with E-state index in [0.717, 1.165) is 12.0 Å². The first kappa shape index (κ1) is 16.7. The van der Waals surface area contributed by atoms with E-state index in [1.54, 1.807) is 25.2 Å². The van der Waals surface area contributed by atoms with E-state index in [-0.39, 0.29) is 11.6 Å². The minimum Gasteiger partial charge on any atom is -0.505 e. The maximum absolute atomic E-state index is 13.3. The van der Waals surface area contributed by atoms with E-state index in [4.69, 9.17) is 5.11 Å². The number of nitrogens with one attached hydrogen (secondary N) is 2. The summed E-state index contributed by atoms with van der Waals surface area (Å²) in [6.07, 6.45) is 0.731. The fourth-order valence-electron chi connectivity index (χ4n) is 2.04. The highest BCUT2D eigenvalue weighted by Crippen LogP contribution is 2.15. The number of nitrogens with zero attached hydrogens (tertiary/aromatic N) is 1. The highest BCUT2D eigenvalue weighted by Gasteiger charge is 2.03. The predicted octanol–water partition coefficient (Wildman–Crippen LogP) is 2.58. The van der Waals surface area contributed by atoms with Gasteiger partial charge in [0.2, 0.25) is 0 Å². The summed E-state index contributed by atoms with van der Waals surface area (Å²) in [4.78, 5) is 4.08. The largest absolute Gasteiger partial charge is 0.505 e. The first-order valence-electron chi connectivity index (χ1n) is 7.25. The number of phenols is 1. The van der Waals surface area contributed by atoms with Crippen LogP contribution in [0.25, 0.3) is 0 Å². The molecule has 0 radical (unpaired) electrons. The molecule has 122 valence electrons. The summed E-state index contributed by atoms with van der Waals surface area (Å²) in [7, 11) is 1.64. The van der Waals surface area contributed by atoms with Gasteiger partial charge in [0.1, 0.15) is 5.82 Å². The van der Waals surface area contributed by atoms with Crippen LogP contribution in [0.4, 0.5) is 8.78 Å². The van der Waals surface area contributed by atoms with Crippen LogP contribution >= 0.6 is 0 Å². The van der Waals surface area contributed by atoms with Crippen molar-refractivity contribution in [2.75, 3.05) is 13.6 Å². The molecule has 3 N–H and O–H groups in total. The molecular formula is C17H19F2N3O. The second-order valence-corrected chi connectivity index (χ2v) is 5.01. The van der Waals surface area contributed by atoms with Crippen molar-refractivity contribution in [1.29, 1.82) is 0 Å². The molecule has 0 saturated carbocycles. The molecule has 0 heterocycles. The fraction of sp³-hybridized carbons (Fsp3) is 0.235. The third-order valence-corrected chi connectivity index (χ3v) is 3.32. The maximum Gasteiger partial charge on any atom is 0.191 e. The van der Waals surface area contributed by atoms with E-state index in [1.165, 1.54) is 24.3 Å². The van der Waals surface area contributed by atoms with E-state index in [9.17, 15) is 8.78 Å². The Hall–Kier alpha value is -2.63. The zero-order valence-electron chi connectivity index (χ0n) is 12.8. The highest BCUT2D eigenvalue weighted by atomic mass is 19.1. The van der Waals surface area contributed by atoms with Gasteiger partial charge in [0.05, 0.1) is 0 Å². The van der Waals surface area contributed by atoms with Crippen LogP contribution in [0.2, 0.25) is 0 Å². The zero-order valence-corrected chi connectivity index (χ0v) is 12.8. The smallest absolute Gasteiger partial charge is 0.191 e. The number of aliphatic imine (C=N–C) groups is 1. The van der Waals surface area contributed by atoms with Crippen molar-refractivity contribution in [3.8, 4) is 5.75 Å². The molecule has 4 nitrogen and oxygen atoms in total. The van der Waals surface area contributed by atoms with Gasteiger partial charge in [-0.3, -0.25) is 4.99 Å². The Morgan fingerprint density at radius 1 is 1.04 bits per heavy atom. The Balaban J connectivity index is 1.79. The minimum atomic E-state index is -0.649. The monoisotopic (exact) mass is 319 g/mol. The summed E-state index contributed by atoms with van der Waals surface area (Å²) in [5.74, 6) is -0.681. The standard InChI is InChI=1S/C17H19F2N3O/c1-20-17(21-9-8-12-2-5-14(18)6-3-12)22-11-13-4-7-16(23)15(19)10-13/h2-7,10,23H,8-9,11H2,1H3,(H2,20,21,22). The lowest BCUT2D eigenvalue weighted by atomic mass is 10.1. The number of phenolic OH excluding ortho intramolecular Hbond substituents is 1. The van der Waals surface area contributed by atoms with Gasteiger partial charge in [0.25, 0.3) is 0 Å². The van der Waals surface area contributed by atoms with Gasteiger partial charge in [0, 0.05) is 20.1 Å². The van der Waals surface area contributed by atoms with E-state index >= 15 is 0 Å². The number of halogens is 2. The molecule has 0 atom stereocenters. The summed E-state index contributed by atoms with van der Waals surface area (Å²) in [5.41, 5.74) is 1.72. The molecule has 0 aliphatic rings. The molecule has 0 amide bonds. The lowest BCUT2D eigenvalue weighted by Gasteiger charge is -2.12. The maximum atomic E-state index is 13.3. The van der Waals surface area contributed by atoms with Crippen LogP contribution in [-0.2, 0) is 13.0 Å². The van der Waals surface area contributed by atoms with Crippen LogP contribution in [0.3, 0.4) is 0 Å². The summed E-state index contributed by atoms with van der Waals surface area (Å²) in [5, 5.41) is 15.3. The molecule has 0 fully saturated rings. The van der Waals surface area contributed by atoms with Gasteiger partial charge in [-0.05, 0) is 41.8 Å². The Bertz CT molecular complexity index is 672. The van der Waals surface area contributed by atoms with E-state index in [1.807, 2.05) is 0 Å². The second-order valence-electron chi connectivity index (χ2n) is 5.01. The van der Waals surface area contributed by atoms with E-state index < -0.39 is 5.82 Å². The first-order chi connectivity index (χ1) is 11.1. The van der Waals surface area contributed by atoms with E-state index in [2.05, 4.69) is 15.6 Å². The zero-order chi connectivity index (χ0) is 16.7. The third kappa shape index (κ3) is 5.25. The molecule has 0 aliphatic heterocycles. The Labute approximate surface area is 133 Å². The number of benzene rings is 2. The molecule has 0 spiro atoms. The highest BCUT2D eigenvalue weighted by molar-refractivity contribution is 5.79. The summed E-state index contributed by atoms with van der Waals surface area (Å²) in [6, 6.07) is 10.6. The van der Waals surface area contributed by atoms with Crippen molar-refractivity contribution in [2.24, 2.45) is 4.99 Å². The summed E-state index contributed by atoms with van der Waals surface area (Å²) in [6.45, 7) is 1.02. The predicted molar refractivity (Wildman–Crippen MR) is 86.4 cm³/mol. The van der Waals surface area contributed by atoms with Crippen LogP contribution in [-0.4, -0.2) is 24.7 Å². The lowest BCUT2D eigenvalue weighted by molar-refractivity contribution is 0.431. The van der Waals surface area contributed by atoms with Gasteiger partial charge in [-0.1, -0.05) is 18.2 Å². The molecule has 6 heteroatoms. The van der Waals surface area contributed by atoms with Gasteiger partial charge >= 0.3 is 0 Å². The van der Waals surface area contributed by atoms with Crippen molar-refractivity contribution in [2.45, 2.75) is 13.0 Å². The Morgan fingerprint density at radius 2 is 1.74 bits per heavy atom.